The fourth-order valence-corrected chi connectivity index (χ4v) is 2.96. The number of benzene rings is 1. The molecule has 0 bridgehead atoms. The van der Waals surface area contributed by atoms with E-state index in [1.54, 1.807) is 24.0 Å². The number of carbonyl (C=O) groups is 1. The molecule has 2 aliphatic rings. The lowest BCUT2D eigenvalue weighted by Gasteiger charge is -2.37. The van der Waals surface area contributed by atoms with Crippen molar-refractivity contribution in [2.24, 2.45) is 0 Å². The molecule has 6 heteroatoms. The van der Waals surface area contributed by atoms with Crippen molar-refractivity contribution < 1.29 is 18.7 Å². The highest BCUT2D eigenvalue weighted by Crippen LogP contribution is 2.31. The Balaban J connectivity index is 1.51. The minimum Gasteiger partial charge on any atom is -0.376 e. The van der Waals surface area contributed by atoms with Gasteiger partial charge in [-0.05, 0) is 19.1 Å². The fourth-order valence-electron chi connectivity index (χ4n) is 2.96. The monoisotopic (exact) mass is 308 g/mol. The standard InChI is InChI=1S/C16H21FN2O3/c1-12-13(17)3-2-4-14(12)18-11-15(20)19-7-5-16(6-8-19)21-9-10-22-16/h2-4,18H,5-11H2,1H3. The molecule has 1 spiro atoms. The molecule has 2 saturated heterocycles. The highest BCUT2D eigenvalue weighted by atomic mass is 19.1. The Morgan fingerprint density at radius 1 is 1.32 bits per heavy atom. The van der Waals surface area contributed by atoms with Gasteiger partial charge in [0.05, 0.1) is 19.8 Å². The van der Waals surface area contributed by atoms with Gasteiger partial charge in [0.25, 0.3) is 0 Å². The van der Waals surface area contributed by atoms with Crippen molar-refractivity contribution in [2.45, 2.75) is 25.6 Å². The van der Waals surface area contributed by atoms with Crippen LogP contribution in [0.5, 0.6) is 0 Å². The number of nitrogens with one attached hydrogen (secondary N) is 1. The van der Waals surface area contributed by atoms with Crippen LogP contribution in [0.4, 0.5) is 10.1 Å². The largest absolute Gasteiger partial charge is 0.376 e. The summed E-state index contributed by atoms with van der Waals surface area (Å²) in [5.41, 5.74) is 1.19. The van der Waals surface area contributed by atoms with Gasteiger partial charge in [-0.15, -0.1) is 0 Å². The Morgan fingerprint density at radius 3 is 2.68 bits per heavy atom. The number of likely N-dealkylation sites (tertiary alicyclic amines) is 1. The molecule has 3 rings (SSSR count). The molecule has 120 valence electrons. The predicted octanol–water partition coefficient (Wildman–Crippen LogP) is 1.91. The Hall–Kier alpha value is -1.66. The molecule has 2 heterocycles. The van der Waals surface area contributed by atoms with Crippen molar-refractivity contribution in [3.8, 4) is 0 Å². The summed E-state index contributed by atoms with van der Waals surface area (Å²) in [6.07, 6.45) is 1.41. The number of hydrogen-bond acceptors (Lipinski definition) is 4. The lowest BCUT2D eigenvalue weighted by atomic mass is 10.0. The van der Waals surface area contributed by atoms with Crippen LogP contribution in [0.2, 0.25) is 0 Å². The zero-order chi connectivity index (χ0) is 15.6. The number of piperidine rings is 1. The maximum Gasteiger partial charge on any atom is 0.241 e. The Bertz CT molecular complexity index is 548. The van der Waals surface area contributed by atoms with E-state index in [4.69, 9.17) is 9.47 Å². The molecule has 0 unspecified atom stereocenters. The van der Waals surface area contributed by atoms with Gasteiger partial charge in [0.15, 0.2) is 5.79 Å². The van der Waals surface area contributed by atoms with Gasteiger partial charge in [-0.25, -0.2) is 4.39 Å². The van der Waals surface area contributed by atoms with Gasteiger partial charge in [-0.2, -0.15) is 0 Å². The molecule has 1 N–H and O–H groups in total. The van der Waals surface area contributed by atoms with Crippen LogP contribution < -0.4 is 5.32 Å². The summed E-state index contributed by atoms with van der Waals surface area (Å²) in [4.78, 5) is 14.1. The summed E-state index contributed by atoms with van der Waals surface area (Å²) in [6, 6.07) is 4.82. The van der Waals surface area contributed by atoms with Crippen LogP contribution in [0.3, 0.4) is 0 Å². The van der Waals surface area contributed by atoms with Crippen molar-refractivity contribution >= 4 is 11.6 Å². The van der Waals surface area contributed by atoms with Gasteiger partial charge in [0.1, 0.15) is 5.82 Å². The molecule has 0 atom stereocenters. The maximum atomic E-state index is 13.5. The van der Waals surface area contributed by atoms with Gasteiger partial charge in [0.2, 0.25) is 5.91 Å². The second-order valence-corrected chi connectivity index (χ2v) is 5.75. The lowest BCUT2D eigenvalue weighted by Crippen LogP contribution is -2.48. The third-order valence-electron chi connectivity index (χ3n) is 4.39. The van der Waals surface area contributed by atoms with Crippen LogP contribution >= 0.6 is 0 Å². The van der Waals surface area contributed by atoms with E-state index in [1.807, 2.05) is 0 Å². The number of rotatable bonds is 3. The Morgan fingerprint density at radius 2 is 2.00 bits per heavy atom. The van der Waals surface area contributed by atoms with E-state index in [1.165, 1.54) is 6.07 Å². The maximum absolute atomic E-state index is 13.5. The number of carbonyl (C=O) groups excluding carboxylic acids is 1. The van der Waals surface area contributed by atoms with Crippen LogP contribution in [0.15, 0.2) is 18.2 Å². The molecule has 0 aliphatic carbocycles. The van der Waals surface area contributed by atoms with Gasteiger partial charge >= 0.3 is 0 Å². The molecule has 2 fully saturated rings. The first kappa shape index (κ1) is 15.2. The molecule has 1 amide bonds. The van der Waals surface area contributed by atoms with Crippen molar-refractivity contribution in [2.75, 3.05) is 38.2 Å². The van der Waals surface area contributed by atoms with Crippen LogP contribution in [0.1, 0.15) is 18.4 Å². The molecule has 5 nitrogen and oxygen atoms in total. The Kier molecular flexibility index (Phi) is 4.31. The number of ether oxygens (including phenoxy) is 2. The van der Waals surface area contributed by atoms with E-state index in [-0.39, 0.29) is 18.3 Å². The smallest absolute Gasteiger partial charge is 0.241 e. The zero-order valence-electron chi connectivity index (χ0n) is 12.7. The quantitative estimate of drug-likeness (QED) is 0.927. The third kappa shape index (κ3) is 3.08. The van der Waals surface area contributed by atoms with Gasteiger partial charge in [-0.3, -0.25) is 4.79 Å². The second-order valence-electron chi connectivity index (χ2n) is 5.75. The number of amides is 1. The fraction of sp³-hybridized carbons (Fsp3) is 0.562. The number of anilines is 1. The average Bonchev–Trinajstić information content (AvgIpc) is 2.97. The molecule has 0 aromatic heterocycles. The molecule has 0 saturated carbocycles. The van der Waals surface area contributed by atoms with E-state index >= 15 is 0 Å². The molecule has 1 aromatic rings. The van der Waals surface area contributed by atoms with Crippen molar-refractivity contribution in [3.63, 3.8) is 0 Å². The topological polar surface area (TPSA) is 50.8 Å². The first-order valence-corrected chi connectivity index (χ1v) is 7.64. The summed E-state index contributed by atoms with van der Waals surface area (Å²) >= 11 is 0. The minimum absolute atomic E-state index is 0.0107. The molecular formula is C16H21FN2O3. The minimum atomic E-state index is -0.469. The van der Waals surface area contributed by atoms with E-state index in [0.29, 0.717) is 50.4 Å². The summed E-state index contributed by atoms with van der Waals surface area (Å²) in [5.74, 6) is -0.729. The number of nitrogens with zero attached hydrogens (tertiary/aromatic N) is 1. The van der Waals surface area contributed by atoms with Gasteiger partial charge in [0, 0.05) is 37.2 Å². The Labute approximate surface area is 129 Å². The van der Waals surface area contributed by atoms with Gasteiger partial charge < -0.3 is 19.7 Å². The third-order valence-corrected chi connectivity index (χ3v) is 4.39. The number of halogens is 1. The van der Waals surface area contributed by atoms with Gasteiger partial charge in [-0.1, -0.05) is 6.07 Å². The molecular weight excluding hydrogens is 287 g/mol. The molecule has 2 aliphatic heterocycles. The van der Waals surface area contributed by atoms with Crippen LogP contribution in [-0.4, -0.2) is 49.4 Å². The van der Waals surface area contributed by atoms with E-state index in [0.717, 1.165) is 0 Å². The first-order chi connectivity index (χ1) is 10.6. The van der Waals surface area contributed by atoms with Crippen LogP contribution in [0, 0.1) is 12.7 Å². The van der Waals surface area contributed by atoms with Crippen molar-refractivity contribution in [1.29, 1.82) is 0 Å². The lowest BCUT2D eigenvalue weighted by molar-refractivity contribution is -0.187. The van der Waals surface area contributed by atoms with E-state index in [2.05, 4.69) is 5.32 Å². The molecule has 1 aromatic carbocycles. The summed E-state index contributed by atoms with van der Waals surface area (Å²) < 4.78 is 24.8. The first-order valence-electron chi connectivity index (χ1n) is 7.64. The highest BCUT2D eigenvalue weighted by molar-refractivity contribution is 5.81. The van der Waals surface area contributed by atoms with Crippen LogP contribution in [0.25, 0.3) is 0 Å². The van der Waals surface area contributed by atoms with Crippen molar-refractivity contribution in [3.05, 3.63) is 29.6 Å². The van der Waals surface area contributed by atoms with Crippen LogP contribution in [-0.2, 0) is 14.3 Å². The van der Waals surface area contributed by atoms with E-state index < -0.39 is 5.79 Å². The number of hydrogen-bond donors (Lipinski definition) is 1. The molecule has 22 heavy (non-hydrogen) atoms. The predicted molar refractivity (Wildman–Crippen MR) is 80.1 cm³/mol. The normalized spacial score (nSPS) is 20.4. The summed E-state index contributed by atoms with van der Waals surface area (Å²) in [6.45, 7) is 4.38. The average molecular weight is 308 g/mol. The summed E-state index contributed by atoms with van der Waals surface area (Å²) in [5, 5.41) is 3.02. The van der Waals surface area contributed by atoms with Crippen molar-refractivity contribution in [1.82, 2.24) is 4.90 Å². The van der Waals surface area contributed by atoms with E-state index in [9.17, 15) is 9.18 Å². The molecule has 0 radical (unpaired) electrons. The summed E-state index contributed by atoms with van der Waals surface area (Å²) in [7, 11) is 0. The second kappa shape index (κ2) is 6.22. The SMILES string of the molecule is Cc1c(F)cccc1NCC(=O)N1CCC2(CC1)OCCO2. The highest BCUT2D eigenvalue weighted by Gasteiger charge is 2.40. The zero-order valence-corrected chi connectivity index (χ0v) is 12.7.